The van der Waals surface area contributed by atoms with Crippen LogP contribution < -0.4 is 9.47 Å². The van der Waals surface area contributed by atoms with Crippen LogP contribution in [-0.2, 0) is 20.2 Å². The van der Waals surface area contributed by atoms with Gasteiger partial charge in [0.1, 0.15) is 18.2 Å². The molecule has 3 heterocycles. The lowest BCUT2D eigenvalue weighted by molar-refractivity contribution is 0.289. The number of fused-ring (bicyclic) bond motifs is 1. The van der Waals surface area contributed by atoms with Crippen molar-refractivity contribution in [3.05, 3.63) is 89.6 Å². The molecular weight excluding hydrogens is 438 g/mol. The lowest BCUT2D eigenvalue weighted by atomic mass is 10.1. The summed E-state index contributed by atoms with van der Waals surface area (Å²) in [5, 5.41) is 5.01. The van der Waals surface area contributed by atoms with Crippen LogP contribution in [0.4, 0.5) is 0 Å². The van der Waals surface area contributed by atoms with Crippen molar-refractivity contribution in [3.8, 4) is 22.8 Å². The largest absolute Gasteiger partial charge is 0.484 e. The Bertz CT molecular complexity index is 1410. The second-order valence-electron chi connectivity index (χ2n) is 7.64. The van der Waals surface area contributed by atoms with Gasteiger partial charge in [0, 0.05) is 29.9 Å². The quantitative estimate of drug-likeness (QED) is 0.338. The molecule has 166 valence electrons. The van der Waals surface area contributed by atoms with Crippen LogP contribution in [0.5, 0.6) is 11.6 Å². The second kappa shape index (κ2) is 8.96. The monoisotopic (exact) mass is 459 g/mol. The molecule has 33 heavy (non-hydrogen) atoms. The highest BCUT2D eigenvalue weighted by atomic mass is 35.5. The molecule has 2 aromatic carbocycles. The summed E-state index contributed by atoms with van der Waals surface area (Å²) in [6.07, 6.45) is 5.49. The van der Waals surface area contributed by atoms with Gasteiger partial charge in [0.05, 0.1) is 37.1 Å². The molecule has 0 unspecified atom stereocenters. The molecular formula is C25H22ClN5O2. The summed E-state index contributed by atoms with van der Waals surface area (Å²) in [6.45, 7) is 0.863. The summed E-state index contributed by atoms with van der Waals surface area (Å²) in [5.74, 6) is 1.98. The van der Waals surface area contributed by atoms with Crippen LogP contribution in [-0.4, -0.2) is 31.4 Å². The third-order valence-corrected chi connectivity index (χ3v) is 5.81. The summed E-state index contributed by atoms with van der Waals surface area (Å²) >= 11 is 6.48. The molecule has 0 aliphatic heterocycles. The van der Waals surface area contributed by atoms with Gasteiger partial charge in [0.2, 0.25) is 5.88 Å². The fraction of sp³-hybridized carbons (Fsp3) is 0.160. The van der Waals surface area contributed by atoms with Gasteiger partial charge in [0.25, 0.3) is 0 Å². The molecule has 7 nitrogen and oxygen atoms in total. The van der Waals surface area contributed by atoms with Gasteiger partial charge in [-0.05, 0) is 35.4 Å². The van der Waals surface area contributed by atoms with Crippen LogP contribution in [0.3, 0.4) is 0 Å². The van der Waals surface area contributed by atoms with E-state index in [1.807, 2.05) is 55.8 Å². The van der Waals surface area contributed by atoms with E-state index in [1.54, 1.807) is 24.1 Å². The predicted molar refractivity (Wildman–Crippen MR) is 128 cm³/mol. The number of aromatic nitrogens is 5. The van der Waals surface area contributed by atoms with Gasteiger partial charge in [-0.1, -0.05) is 35.9 Å². The highest BCUT2D eigenvalue weighted by Crippen LogP contribution is 2.27. The first kappa shape index (κ1) is 21.0. The van der Waals surface area contributed by atoms with E-state index in [0.29, 0.717) is 23.2 Å². The number of aryl methyl sites for hydroxylation is 1. The summed E-state index contributed by atoms with van der Waals surface area (Å²) in [7, 11) is 3.49. The van der Waals surface area contributed by atoms with E-state index >= 15 is 0 Å². The van der Waals surface area contributed by atoms with Crippen LogP contribution in [0, 0.1) is 0 Å². The van der Waals surface area contributed by atoms with E-state index in [-0.39, 0.29) is 6.61 Å². The van der Waals surface area contributed by atoms with Gasteiger partial charge in [0.15, 0.2) is 0 Å². The number of ether oxygens (including phenoxy) is 2. The Morgan fingerprint density at radius 3 is 2.61 bits per heavy atom. The van der Waals surface area contributed by atoms with E-state index in [0.717, 1.165) is 33.5 Å². The maximum Gasteiger partial charge on any atom is 0.213 e. The molecule has 0 amide bonds. The van der Waals surface area contributed by atoms with Crippen molar-refractivity contribution in [1.82, 2.24) is 24.3 Å². The SMILES string of the molecule is COc1ccc(OCc2nc3ccc(-c4cnn(C)c4)cc3n2Cc2ccccc2Cl)cn1. The van der Waals surface area contributed by atoms with E-state index < -0.39 is 0 Å². The van der Waals surface area contributed by atoms with Crippen molar-refractivity contribution < 1.29 is 9.47 Å². The average Bonchev–Trinajstić information content (AvgIpc) is 3.42. The summed E-state index contributed by atoms with van der Waals surface area (Å²) in [4.78, 5) is 9.06. The first-order chi connectivity index (χ1) is 16.1. The highest BCUT2D eigenvalue weighted by Gasteiger charge is 2.15. The van der Waals surface area contributed by atoms with E-state index in [9.17, 15) is 0 Å². The Balaban J connectivity index is 1.53. The molecule has 0 N–H and O–H groups in total. The number of hydrogen-bond acceptors (Lipinski definition) is 5. The Labute approximate surface area is 196 Å². The maximum absolute atomic E-state index is 6.48. The third kappa shape index (κ3) is 4.40. The minimum atomic E-state index is 0.287. The minimum absolute atomic E-state index is 0.287. The second-order valence-corrected chi connectivity index (χ2v) is 8.04. The molecule has 0 radical (unpaired) electrons. The highest BCUT2D eigenvalue weighted by molar-refractivity contribution is 6.31. The zero-order chi connectivity index (χ0) is 22.8. The number of halogens is 1. The van der Waals surface area contributed by atoms with Gasteiger partial charge in [-0.25, -0.2) is 9.97 Å². The zero-order valence-electron chi connectivity index (χ0n) is 18.3. The minimum Gasteiger partial charge on any atom is -0.484 e. The van der Waals surface area contributed by atoms with Crippen LogP contribution in [0.1, 0.15) is 11.4 Å². The first-order valence-corrected chi connectivity index (χ1v) is 10.8. The Hall–Kier alpha value is -3.84. The molecule has 0 aliphatic rings. The molecule has 3 aromatic heterocycles. The van der Waals surface area contributed by atoms with Gasteiger partial charge < -0.3 is 14.0 Å². The van der Waals surface area contributed by atoms with Crippen molar-refractivity contribution in [2.75, 3.05) is 7.11 Å². The van der Waals surface area contributed by atoms with E-state index in [1.165, 1.54) is 0 Å². The molecule has 0 saturated carbocycles. The number of methoxy groups -OCH3 is 1. The molecule has 0 atom stereocenters. The molecule has 0 fully saturated rings. The number of benzene rings is 2. The standard InChI is InChI=1S/C25H22ClN5O2/c1-30-14-19(12-28-30)17-7-9-22-23(11-17)31(15-18-5-3-4-6-21(18)26)24(29-22)16-33-20-8-10-25(32-2)27-13-20/h3-14H,15-16H2,1-2H3. The smallest absolute Gasteiger partial charge is 0.213 e. The van der Waals surface area contributed by atoms with Crippen LogP contribution in [0.25, 0.3) is 22.2 Å². The first-order valence-electron chi connectivity index (χ1n) is 10.4. The molecule has 0 spiro atoms. The lowest BCUT2D eigenvalue weighted by Crippen LogP contribution is -2.09. The summed E-state index contributed by atoms with van der Waals surface area (Å²) < 4.78 is 15.1. The normalized spacial score (nSPS) is 11.1. The van der Waals surface area contributed by atoms with Crippen molar-refractivity contribution in [1.29, 1.82) is 0 Å². The third-order valence-electron chi connectivity index (χ3n) is 5.44. The van der Waals surface area contributed by atoms with Crippen LogP contribution in [0.2, 0.25) is 5.02 Å². The number of hydrogen-bond donors (Lipinski definition) is 0. The number of pyridine rings is 1. The fourth-order valence-corrected chi connectivity index (χ4v) is 3.92. The molecule has 5 rings (SSSR count). The zero-order valence-corrected chi connectivity index (χ0v) is 19.0. The lowest BCUT2D eigenvalue weighted by Gasteiger charge is -2.12. The molecule has 0 aliphatic carbocycles. The summed E-state index contributed by atoms with van der Waals surface area (Å²) in [6, 6.07) is 17.7. The van der Waals surface area contributed by atoms with Crippen molar-refractivity contribution in [2.24, 2.45) is 7.05 Å². The van der Waals surface area contributed by atoms with Crippen LogP contribution >= 0.6 is 11.6 Å². The Morgan fingerprint density at radius 1 is 1.00 bits per heavy atom. The van der Waals surface area contributed by atoms with E-state index in [2.05, 4.69) is 26.8 Å². The van der Waals surface area contributed by atoms with Gasteiger partial charge >= 0.3 is 0 Å². The number of imidazole rings is 1. The van der Waals surface area contributed by atoms with Gasteiger partial charge in [-0.3, -0.25) is 4.68 Å². The molecule has 8 heteroatoms. The molecule has 0 bridgehead atoms. The average molecular weight is 460 g/mol. The van der Waals surface area contributed by atoms with Gasteiger partial charge in [-0.2, -0.15) is 5.10 Å². The number of rotatable bonds is 7. The maximum atomic E-state index is 6.48. The fourth-order valence-electron chi connectivity index (χ4n) is 3.73. The van der Waals surface area contributed by atoms with Gasteiger partial charge in [-0.15, -0.1) is 0 Å². The Morgan fingerprint density at radius 2 is 1.88 bits per heavy atom. The topological polar surface area (TPSA) is 67.0 Å². The summed E-state index contributed by atoms with van der Waals surface area (Å²) in [5.41, 5.74) is 5.02. The van der Waals surface area contributed by atoms with E-state index in [4.69, 9.17) is 26.1 Å². The van der Waals surface area contributed by atoms with Crippen molar-refractivity contribution in [3.63, 3.8) is 0 Å². The Kier molecular flexibility index (Phi) is 5.71. The molecule has 5 aromatic rings. The van der Waals surface area contributed by atoms with Crippen molar-refractivity contribution >= 4 is 22.6 Å². The predicted octanol–water partition coefficient (Wildman–Crippen LogP) is 5.12. The number of nitrogens with zero attached hydrogens (tertiary/aromatic N) is 5. The van der Waals surface area contributed by atoms with Crippen molar-refractivity contribution in [2.45, 2.75) is 13.2 Å². The van der Waals surface area contributed by atoms with Crippen LogP contribution in [0.15, 0.2) is 73.2 Å². The molecule has 0 saturated heterocycles.